The van der Waals surface area contributed by atoms with E-state index in [0.717, 1.165) is 38.7 Å². The number of carbonyl (C=O) groups excluding carboxylic acids is 1. The molecule has 3 rings (SSSR count). The summed E-state index contributed by atoms with van der Waals surface area (Å²) in [6.07, 6.45) is -0.364. The molecule has 1 atom stereocenters. The predicted octanol–water partition coefficient (Wildman–Crippen LogP) is 2.54. The van der Waals surface area contributed by atoms with Crippen molar-refractivity contribution in [1.82, 2.24) is 30.2 Å². The first-order valence-corrected chi connectivity index (χ1v) is 9.83. The summed E-state index contributed by atoms with van der Waals surface area (Å²) in [5.41, 5.74) is -1.74. The summed E-state index contributed by atoms with van der Waals surface area (Å²) in [5.74, 6) is -0.717. The Labute approximate surface area is 172 Å². The number of halogens is 3. The summed E-state index contributed by atoms with van der Waals surface area (Å²) in [6.45, 7) is 5.08. The average molecular weight is 426 g/mol. The van der Waals surface area contributed by atoms with Crippen molar-refractivity contribution >= 4 is 5.91 Å². The molecular formula is C19H25F3N6O2. The number of methoxy groups -OCH3 is 1. The third-order valence-corrected chi connectivity index (χ3v) is 4.96. The summed E-state index contributed by atoms with van der Waals surface area (Å²) in [6, 6.07) is 2.66. The van der Waals surface area contributed by atoms with Crippen molar-refractivity contribution < 1.29 is 22.7 Å². The molecule has 8 nitrogen and oxygen atoms in total. The Morgan fingerprint density at radius 2 is 1.97 bits per heavy atom. The van der Waals surface area contributed by atoms with E-state index in [2.05, 4.69) is 25.5 Å². The van der Waals surface area contributed by atoms with Gasteiger partial charge in [0.15, 0.2) is 11.5 Å². The van der Waals surface area contributed by atoms with E-state index in [4.69, 9.17) is 4.74 Å². The highest BCUT2D eigenvalue weighted by Crippen LogP contribution is 2.33. The van der Waals surface area contributed by atoms with Crippen molar-refractivity contribution in [1.29, 1.82) is 0 Å². The summed E-state index contributed by atoms with van der Waals surface area (Å²) in [5, 5.41) is 13.7. The van der Waals surface area contributed by atoms with Gasteiger partial charge in [0.2, 0.25) is 5.88 Å². The zero-order chi connectivity index (χ0) is 21.7. The van der Waals surface area contributed by atoms with E-state index in [9.17, 15) is 18.0 Å². The smallest absolute Gasteiger partial charge is 0.434 e. The van der Waals surface area contributed by atoms with Gasteiger partial charge in [-0.05, 0) is 37.9 Å². The molecule has 1 aliphatic heterocycles. The van der Waals surface area contributed by atoms with Crippen LogP contribution in [-0.4, -0.2) is 64.1 Å². The van der Waals surface area contributed by atoms with Crippen LogP contribution in [0, 0.1) is 5.92 Å². The molecule has 1 amide bonds. The van der Waals surface area contributed by atoms with Crippen molar-refractivity contribution in [2.75, 3.05) is 33.3 Å². The maximum Gasteiger partial charge on any atom is 0.434 e. The van der Waals surface area contributed by atoms with Gasteiger partial charge in [-0.2, -0.15) is 18.3 Å². The minimum Gasteiger partial charge on any atom is -0.480 e. The number of hydrogen-bond acceptors (Lipinski definition) is 6. The quantitative estimate of drug-likeness (QED) is 0.733. The van der Waals surface area contributed by atoms with E-state index in [1.165, 1.54) is 25.7 Å². The van der Waals surface area contributed by atoms with Crippen LogP contribution in [0.4, 0.5) is 13.2 Å². The number of ether oxygens (including phenoxy) is 1. The Morgan fingerprint density at radius 1 is 1.23 bits per heavy atom. The summed E-state index contributed by atoms with van der Waals surface area (Å²) >= 11 is 0. The molecule has 1 fully saturated rings. The van der Waals surface area contributed by atoms with E-state index < -0.39 is 23.3 Å². The van der Waals surface area contributed by atoms with Gasteiger partial charge in [-0.1, -0.05) is 13.3 Å². The second-order valence-corrected chi connectivity index (χ2v) is 7.43. The zero-order valence-corrected chi connectivity index (χ0v) is 16.9. The van der Waals surface area contributed by atoms with Gasteiger partial charge in [-0.25, -0.2) is 4.68 Å². The highest BCUT2D eigenvalue weighted by Gasteiger charge is 2.41. The molecular weight excluding hydrogens is 401 g/mol. The van der Waals surface area contributed by atoms with Gasteiger partial charge in [-0.3, -0.25) is 4.79 Å². The Kier molecular flexibility index (Phi) is 6.91. The van der Waals surface area contributed by atoms with Crippen LogP contribution in [-0.2, 0) is 6.18 Å². The van der Waals surface area contributed by atoms with Crippen LogP contribution in [0.2, 0.25) is 0 Å². The maximum atomic E-state index is 13.7. The number of nitrogens with zero attached hydrogens (tertiary/aromatic N) is 5. The minimum absolute atomic E-state index is 0.115. The largest absolute Gasteiger partial charge is 0.480 e. The van der Waals surface area contributed by atoms with Gasteiger partial charge < -0.3 is 15.0 Å². The zero-order valence-electron chi connectivity index (χ0n) is 16.9. The molecule has 1 N–H and O–H groups in total. The monoisotopic (exact) mass is 426 g/mol. The molecule has 1 unspecified atom stereocenters. The topological polar surface area (TPSA) is 85.2 Å². The molecule has 0 saturated carbocycles. The molecule has 3 heterocycles. The molecule has 11 heteroatoms. The first kappa shape index (κ1) is 22.0. The summed E-state index contributed by atoms with van der Waals surface area (Å²) in [4.78, 5) is 14.8. The third-order valence-electron chi connectivity index (χ3n) is 4.96. The maximum absolute atomic E-state index is 13.7. The first-order valence-electron chi connectivity index (χ1n) is 9.83. The number of likely N-dealkylation sites (tertiary alicyclic amines) is 1. The average Bonchev–Trinajstić information content (AvgIpc) is 3.19. The van der Waals surface area contributed by atoms with Gasteiger partial charge in [0.05, 0.1) is 18.9 Å². The molecule has 0 aliphatic carbocycles. The SMILES string of the molecule is COc1ccc(-n2ncc(C(=O)NCC(C)CN3CCCCC3)c2C(F)(F)F)nn1. The Morgan fingerprint density at radius 3 is 2.57 bits per heavy atom. The van der Waals surface area contributed by atoms with Crippen LogP contribution in [0.5, 0.6) is 5.88 Å². The van der Waals surface area contributed by atoms with Crippen molar-refractivity contribution in [3.8, 4) is 11.7 Å². The van der Waals surface area contributed by atoms with Crippen LogP contribution in [0.1, 0.15) is 42.2 Å². The normalized spacial score (nSPS) is 16.3. The lowest BCUT2D eigenvalue weighted by Crippen LogP contribution is -2.38. The van der Waals surface area contributed by atoms with E-state index in [1.807, 2.05) is 6.92 Å². The van der Waals surface area contributed by atoms with Crippen molar-refractivity contribution in [3.05, 3.63) is 29.6 Å². The van der Waals surface area contributed by atoms with Gasteiger partial charge in [0.25, 0.3) is 5.91 Å². The fourth-order valence-electron chi connectivity index (χ4n) is 3.51. The van der Waals surface area contributed by atoms with Crippen LogP contribution in [0.25, 0.3) is 5.82 Å². The fourth-order valence-corrected chi connectivity index (χ4v) is 3.51. The number of rotatable bonds is 7. The predicted molar refractivity (Wildman–Crippen MR) is 102 cm³/mol. The van der Waals surface area contributed by atoms with E-state index >= 15 is 0 Å². The van der Waals surface area contributed by atoms with E-state index in [0.29, 0.717) is 4.68 Å². The number of amides is 1. The van der Waals surface area contributed by atoms with Crippen molar-refractivity contribution in [2.45, 2.75) is 32.4 Å². The molecule has 164 valence electrons. The van der Waals surface area contributed by atoms with Crippen molar-refractivity contribution in [3.63, 3.8) is 0 Å². The number of hydrogen-bond donors (Lipinski definition) is 1. The number of alkyl halides is 3. The van der Waals surface area contributed by atoms with E-state index in [-0.39, 0.29) is 24.2 Å². The van der Waals surface area contributed by atoms with E-state index in [1.54, 1.807) is 0 Å². The Hall–Kier alpha value is -2.69. The van der Waals surface area contributed by atoms with Gasteiger partial charge in [-0.15, -0.1) is 10.2 Å². The number of nitrogens with one attached hydrogen (secondary N) is 1. The molecule has 0 aromatic carbocycles. The van der Waals surface area contributed by atoms with Crippen LogP contribution in [0.3, 0.4) is 0 Å². The van der Waals surface area contributed by atoms with Crippen LogP contribution in [0.15, 0.2) is 18.3 Å². The third kappa shape index (κ3) is 5.26. The molecule has 30 heavy (non-hydrogen) atoms. The molecule has 1 aliphatic rings. The lowest BCUT2D eigenvalue weighted by molar-refractivity contribution is -0.143. The molecule has 2 aromatic rings. The highest BCUT2D eigenvalue weighted by molar-refractivity contribution is 5.95. The van der Waals surface area contributed by atoms with Crippen LogP contribution >= 0.6 is 0 Å². The number of piperidine rings is 1. The number of carbonyl (C=O) groups is 1. The Bertz CT molecular complexity index is 847. The molecule has 0 spiro atoms. The molecule has 0 bridgehead atoms. The Balaban J connectivity index is 1.72. The molecule has 0 radical (unpaired) electrons. The fraction of sp³-hybridized carbons (Fsp3) is 0.579. The molecule has 1 saturated heterocycles. The van der Waals surface area contributed by atoms with Crippen molar-refractivity contribution in [2.24, 2.45) is 5.92 Å². The first-order chi connectivity index (χ1) is 14.3. The standard InChI is InChI=1S/C19H25F3N6O2/c1-13(12-27-8-4-3-5-9-27)10-23-18(29)14-11-24-28(17(14)19(20,21)22)15-6-7-16(30-2)26-25-15/h6-7,11,13H,3-5,8-10,12H2,1-2H3,(H,23,29). The van der Waals surface area contributed by atoms with Crippen LogP contribution < -0.4 is 10.1 Å². The number of aromatic nitrogens is 4. The highest BCUT2D eigenvalue weighted by atomic mass is 19.4. The second kappa shape index (κ2) is 9.41. The lowest BCUT2D eigenvalue weighted by atomic mass is 10.1. The summed E-state index contributed by atoms with van der Waals surface area (Å²) < 4.78 is 46.6. The second-order valence-electron chi connectivity index (χ2n) is 7.43. The van der Waals surface area contributed by atoms with Gasteiger partial charge in [0, 0.05) is 19.2 Å². The van der Waals surface area contributed by atoms with Gasteiger partial charge in [0.1, 0.15) is 0 Å². The summed E-state index contributed by atoms with van der Waals surface area (Å²) in [7, 11) is 1.37. The minimum atomic E-state index is -4.80. The molecule has 2 aromatic heterocycles. The lowest BCUT2D eigenvalue weighted by Gasteiger charge is -2.29. The van der Waals surface area contributed by atoms with Gasteiger partial charge >= 0.3 is 6.18 Å².